The molecular formula is C9H7Cl2FO. The quantitative estimate of drug-likeness (QED) is 0.700. The van der Waals surface area contributed by atoms with Gasteiger partial charge in [-0.1, -0.05) is 17.7 Å². The number of benzene rings is 1. The molecule has 13 heavy (non-hydrogen) atoms. The molecule has 0 aliphatic heterocycles. The van der Waals surface area contributed by atoms with Gasteiger partial charge in [-0.05, 0) is 24.6 Å². The van der Waals surface area contributed by atoms with Crippen LogP contribution in [-0.2, 0) is 4.79 Å². The molecule has 0 saturated carbocycles. The molecule has 0 aliphatic rings. The van der Waals surface area contributed by atoms with Crippen molar-refractivity contribution < 1.29 is 9.18 Å². The second kappa shape index (κ2) is 4.07. The average Bonchev–Trinajstić information content (AvgIpc) is 2.03. The average molecular weight is 221 g/mol. The van der Waals surface area contributed by atoms with Gasteiger partial charge >= 0.3 is 0 Å². The second-order valence-electron chi connectivity index (χ2n) is 2.64. The second-order valence-corrected chi connectivity index (χ2v) is 3.48. The number of Topliss-reactive ketones (excluding diaryl/α,β-unsaturated/α-hetero) is 1. The molecule has 0 heterocycles. The monoisotopic (exact) mass is 220 g/mol. The number of hydrogen-bond acceptors (Lipinski definition) is 1. The maximum atomic E-state index is 12.6. The van der Waals surface area contributed by atoms with Crippen LogP contribution in [0.5, 0.6) is 0 Å². The zero-order valence-electron chi connectivity index (χ0n) is 6.85. The van der Waals surface area contributed by atoms with Gasteiger partial charge in [0.1, 0.15) is 11.2 Å². The van der Waals surface area contributed by atoms with E-state index < -0.39 is 11.2 Å². The Morgan fingerprint density at radius 2 is 2.15 bits per heavy atom. The first kappa shape index (κ1) is 10.5. The summed E-state index contributed by atoms with van der Waals surface area (Å²) in [6.45, 7) is 1.36. The Morgan fingerprint density at radius 1 is 1.54 bits per heavy atom. The van der Waals surface area contributed by atoms with Crippen molar-refractivity contribution >= 4 is 29.0 Å². The Balaban J connectivity index is 3.08. The lowest BCUT2D eigenvalue weighted by molar-refractivity contribution is -0.116. The zero-order valence-corrected chi connectivity index (χ0v) is 8.36. The molecular weight excluding hydrogens is 214 g/mol. The summed E-state index contributed by atoms with van der Waals surface area (Å²) >= 11 is 11.4. The molecule has 0 spiro atoms. The molecule has 0 N–H and O–H groups in total. The van der Waals surface area contributed by atoms with E-state index in [1.165, 1.54) is 19.1 Å². The van der Waals surface area contributed by atoms with E-state index in [0.717, 1.165) is 6.07 Å². The van der Waals surface area contributed by atoms with Crippen molar-refractivity contribution in [1.29, 1.82) is 0 Å². The van der Waals surface area contributed by atoms with Crippen LogP contribution in [0, 0.1) is 5.82 Å². The first-order chi connectivity index (χ1) is 6.02. The van der Waals surface area contributed by atoms with Crippen LogP contribution in [-0.4, -0.2) is 5.78 Å². The van der Waals surface area contributed by atoms with E-state index >= 15 is 0 Å². The fourth-order valence-corrected chi connectivity index (χ4v) is 1.45. The number of halogens is 3. The predicted molar refractivity (Wildman–Crippen MR) is 50.7 cm³/mol. The summed E-state index contributed by atoms with van der Waals surface area (Å²) in [6, 6.07) is 3.77. The molecule has 1 rings (SSSR count). The Kier molecular flexibility index (Phi) is 3.28. The van der Waals surface area contributed by atoms with Crippen molar-refractivity contribution in [2.45, 2.75) is 12.3 Å². The molecule has 0 amide bonds. The topological polar surface area (TPSA) is 17.1 Å². The highest BCUT2D eigenvalue weighted by atomic mass is 35.5. The van der Waals surface area contributed by atoms with Crippen LogP contribution in [0.2, 0.25) is 5.02 Å². The van der Waals surface area contributed by atoms with Crippen molar-refractivity contribution in [1.82, 2.24) is 0 Å². The number of hydrogen-bond donors (Lipinski definition) is 0. The minimum Gasteiger partial charge on any atom is -0.298 e. The number of carbonyl (C=O) groups is 1. The fourth-order valence-electron chi connectivity index (χ4n) is 0.926. The summed E-state index contributed by atoms with van der Waals surface area (Å²) in [7, 11) is 0. The van der Waals surface area contributed by atoms with Crippen molar-refractivity contribution in [3.63, 3.8) is 0 Å². The van der Waals surface area contributed by atoms with Crippen molar-refractivity contribution in [3.8, 4) is 0 Å². The Morgan fingerprint density at radius 3 is 2.62 bits per heavy atom. The van der Waals surface area contributed by atoms with Gasteiger partial charge in [0.25, 0.3) is 0 Å². The van der Waals surface area contributed by atoms with E-state index in [2.05, 4.69) is 0 Å². The maximum Gasteiger partial charge on any atom is 0.152 e. The maximum absolute atomic E-state index is 12.6. The van der Waals surface area contributed by atoms with Gasteiger partial charge in [-0.15, -0.1) is 11.6 Å². The van der Waals surface area contributed by atoms with Crippen LogP contribution in [0.25, 0.3) is 0 Å². The molecule has 1 unspecified atom stereocenters. The lowest BCUT2D eigenvalue weighted by atomic mass is 10.1. The third-order valence-electron chi connectivity index (χ3n) is 1.59. The van der Waals surface area contributed by atoms with E-state index in [1.54, 1.807) is 0 Å². The largest absolute Gasteiger partial charge is 0.298 e. The minimum atomic E-state index is -0.798. The van der Waals surface area contributed by atoms with Gasteiger partial charge in [0, 0.05) is 5.02 Å². The minimum absolute atomic E-state index is 0.176. The molecule has 0 radical (unpaired) electrons. The van der Waals surface area contributed by atoms with Gasteiger partial charge in [0.05, 0.1) is 0 Å². The van der Waals surface area contributed by atoms with Crippen LogP contribution in [0.3, 0.4) is 0 Å². The van der Waals surface area contributed by atoms with Gasteiger partial charge in [-0.25, -0.2) is 4.39 Å². The number of rotatable bonds is 2. The third kappa shape index (κ3) is 2.42. The van der Waals surface area contributed by atoms with Gasteiger partial charge in [-0.3, -0.25) is 4.79 Å². The summed E-state index contributed by atoms with van der Waals surface area (Å²) in [4.78, 5) is 10.9. The Hall–Kier alpha value is -0.600. The van der Waals surface area contributed by atoms with Gasteiger partial charge in [0.2, 0.25) is 0 Å². The summed E-state index contributed by atoms with van der Waals surface area (Å²) < 4.78 is 12.6. The lowest BCUT2D eigenvalue weighted by Crippen LogP contribution is -2.02. The van der Waals surface area contributed by atoms with Gasteiger partial charge < -0.3 is 0 Å². The first-order valence-corrected chi connectivity index (χ1v) is 4.43. The molecule has 1 aromatic carbocycles. The molecule has 0 aromatic heterocycles. The van der Waals surface area contributed by atoms with E-state index in [-0.39, 0.29) is 10.8 Å². The van der Waals surface area contributed by atoms with Gasteiger partial charge in [0.15, 0.2) is 5.78 Å². The molecule has 70 valence electrons. The SMILES string of the molecule is CC(=O)C(Cl)c1ccc(F)cc1Cl. The first-order valence-electron chi connectivity index (χ1n) is 3.62. The third-order valence-corrected chi connectivity index (χ3v) is 2.46. The predicted octanol–water partition coefficient (Wildman–Crippen LogP) is 3.35. The highest BCUT2D eigenvalue weighted by Gasteiger charge is 2.16. The zero-order chi connectivity index (χ0) is 10.0. The molecule has 0 fully saturated rings. The van der Waals surface area contributed by atoms with Crippen LogP contribution in [0.15, 0.2) is 18.2 Å². The highest BCUT2D eigenvalue weighted by Crippen LogP contribution is 2.28. The standard InChI is InChI=1S/C9H7Cl2FO/c1-5(13)9(11)7-3-2-6(12)4-8(7)10/h2-4,9H,1H3. The summed E-state index contributed by atoms with van der Waals surface area (Å²) in [5.41, 5.74) is 0.442. The molecule has 0 bridgehead atoms. The van der Waals surface area contributed by atoms with Crippen molar-refractivity contribution in [2.75, 3.05) is 0 Å². The summed E-state index contributed by atoms with van der Waals surface area (Å²) in [5, 5.41) is -0.622. The van der Waals surface area contributed by atoms with Crippen LogP contribution in [0.4, 0.5) is 4.39 Å². The van der Waals surface area contributed by atoms with Crippen LogP contribution >= 0.6 is 23.2 Å². The van der Waals surface area contributed by atoms with E-state index in [9.17, 15) is 9.18 Å². The van der Waals surface area contributed by atoms with E-state index in [4.69, 9.17) is 23.2 Å². The number of alkyl halides is 1. The summed E-state index contributed by atoms with van der Waals surface area (Å²) in [6.07, 6.45) is 0. The summed E-state index contributed by atoms with van der Waals surface area (Å²) in [5.74, 6) is -0.656. The van der Waals surface area contributed by atoms with Crippen LogP contribution < -0.4 is 0 Å². The molecule has 0 aliphatic carbocycles. The Labute approximate surface area is 85.5 Å². The van der Waals surface area contributed by atoms with Crippen molar-refractivity contribution in [2.24, 2.45) is 0 Å². The molecule has 4 heteroatoms. The number of carbonyl (C=O) groups excluding carboxylic acids is 1. The smallest absolute Gasteiger partial charge is 0.152 e. The highest BCUT2D eigenvalue weighted by molar-refractivity contribution is 6.35. The Bertz CT molecular complexity index is 338. The van der Waals surface area contributed by atoms with Crippen LogP contribution in [0.1, 0.15) is 17.9 Å². The van der Waals surface area contributed by atoms with Gasteiger partial charge in [-0.2, -0.15) is 0 Å². The van der Waals surface area contributed by atoms with Crippen molar-refractivity contribution in [3.05, 3.63) is 34.6 Å². The number of ketones is 1. The molecule has 0 saturated heterocycles. The molecule has 1 atom stereocenters. The van der Waals surface area contributed by atoms with E-state index in [0.29, 0.717) is 5.56 Å². The normalized spacial score (nSPS) is 12.6. The lowest BCUT2D eigenvalue weighted by Gasteiger charge is -2.07. The molecule has 1 nitrogen and oxygen atoms in total. The molecule has 1 aromatic rings. The van der Waals surface area contributed by atoms with E-state index in [1.807, 2.05) is 0 Å². The fraction of sp³-hybridized carbons (Fsp3) is 0.222.